The molecule has 6 heteroatoms. The predicted octanol–water partition coefficient (Wildman–Crippen LogP) is 2.43. The smallest absolute Gasteiger partial charge is 0.226 e. The fourth-order valence-electron chi connectivity index (χ4n) is 3.04. The predicted molar refractivity (Wildman–Crippen MR) is 81.2 cm³/mol. The summed E-state index contributed by atoms with van der Waals surface area (Å²) in [6, 6.07) is 5.39. The summed E-state index contributed by atoms with van der Waals surface area (Å²) in [5.74, 6) is -0.288. The summed E-state index contributed by atoms with van der Waals surface area (Å²) < 4.78 is 0. The number of hydrogen-bond acceptors (Lipinski definition) is 2. The first kappa shape index (κ1) is 14.7. The molecule has 4 nitrogen and oxygen atoms in total. The van der Waals surface area contributed by atoms with Crippen molar-refractivity contribution >= 4 is 35.0 Å². The van der Waals surface area contributed by atoms with Crippen molar-refractivity contribution in [3.8, 4) is 0 Å². The maximum absolute atomic E-state index is 12.4. The molecule has 1 aliphatic carbocycles. The summed E-state index contributed by atoms with van der Waals surface area (Å²) >= 11 is 12.1. The van der Waals surface area contributed by atoms with E-state index in [1.807, 2.05) is 6.07 Å². The van der Waals surface area contributed by atoms with E-state index in [1.165, 1.54) is 0 Å². The monoisotopic (exact) mass is 326 g/mol. The molecule has 1 aliphatic heterocycles. The summed E-state index contributed by atoms with van der Waals surface area (Å²) in [5, 5.41) is 1.20. The fourth-order valence-corrected chi connectivity index (χ4v) is 3.59. The largest absolute Gasteiger partial charge is 0.369 e. The Hall–Kier alpha value is -1.26. The molecule has 112 valence electrons. The second-order valence-corrected chi connectivity index (χ2v) is 6.63. The van der Waals surface area contributed by atoms with Crippen LogP contribution in [0.1, 0.15) is 24.3 Å². The van der Waals surface area contributed by atoms with Gasteiger partial charge in [0.1, 0.15) is 0 Å². The van der Waals surface area contributed by atoms with E-state index in [0.29, 0.717) is 29.6 Å². The van der Waals surface area contributed by atoms with Gasteiger partial charge in [-0.25, -0.2) is 0 Å². The summed E-state index contributed by atoms with van der Waals surface area (Å²) in [4.78, 5) is 25.4. The first-order chi connectivity index (χ1) is 9.97. The molecule has 3 atom stereocenters. The van der Waals surface area contributed by atoms with E-state index in [1.54, 1.807) is 17.0 Å². The molecule has 1 heterocycles. The zero-order valence-corrected chi connectivity index (χ0v) is 12.9. The molecule has 1 aromatic carbocycles. The number of nitrogens with zero attached hydrogens (tertiary/aromatic N) is 1. The molecule has 0 unspecified atom stereocenters. The molecule has 1 aromatic rings. The minimum Gasteiger partial charge on any atom is -0.369 e. The van der Waals surface area contributed by atoms with Crippen molar-refractivity contribution in [3.05, 3.63) is 33.8 Å². The molecule has 2 N–H and O–H groups in total. The Kier molecular flexibility index (Phi) is 3.84. The second-order valence-electron chi connectivity index (χ2n) is 5.79. The lowest BCUT2D eigenvalue weighted by Crippen LogP contribution is -2.33. The van der Waals surface area contributed by atoms with E-state index in [-0.39, 0.29) is 29.6 Å². The Morgan fingerprint density at radius 2 is 2.05 bits per heavy atom. The average Bonchev–Trinajstić information content (AvgIpc) is 3.04. The van der Waals surface area contributed by atoms with Crippen molar-refractivity contribution in [2.45, 2.75) is 18.8 Å². The molecule has 2 aliphatic rings. The molecule has 1 saturated heterocycles. The Bertz CT molecular complexity index is 605. The van der Waals surface area contributed by atoms with Crippen molar-refractivity contribution in [2.24, 2.45) is 17.6 Å². The molecule has 2 fully saturated rings. The third-order valence-corrected chi connectivity index (χ3v) is 4.93. The van der Waals surface area contributed by atoms with Gasteiger partial charge in [0, 0.05) is 29.1 Å². The number of benzene rings is 1. The number of primary amides is 1. The zero-order valence-electron chi connectivity index (χ0n) is 11.4. The van der Waals surface area contributed by atoms with Crippen LogP contribution in [0.25, 0.3) is 0 Å². The van der Waals surface area contributed by atoms with Gasteiger partial charge in [0.05, 0.1) is 5.92 Å². The number of nitrogens with two attached hydrogens (primary N) is 1. The van der Waals surface area contributed by atoms with Gasteiger partial charge in [0.2, 0.25) is 11.8 Å². The number of rotatable bonds is 3. The Labute approximate surface area is 133 Å². The molecule has 3 rings (SSSR count). The van der Waals surface area contributed by atoms with Crippen molar-refractivity contribution < 1.29 is 9.59 Å². The van der Waals surface area contributed by atoms with Crippen LogP contribution in [0.15, 0.2) is 18.2 Å². The van der Waals surface area contributed by atoms with Gasteiger partial charge in [0.25, 0.3) is 0 Å². The molecular formula is C15H16Cl2N2O2. The maximum atomic E-state index is 12.4. The van der Waals surface area contributed by atoms with E-state index in [0.717, 1.165) is 12.0 Å². The summed E-state index contributed by atoms with van der Waals surface area (Å²) in [7, 11) is 0. The van der Waals surface area contributed by atoms with Gasteiger partial charge in [-0.15, -0.1) is 0 Å². The minimum absolute atomic E-state index is 0.0321. The first-order valence-corrected chi connectivity index (χ1v) is 7.76. The van der Waals surface area contributed by atoms with Crippen LogP contribution in [0, 0.1) is 11.8 Å². The van der Waals surface area contributed by atoms with Crippen LogP contribution in [0.4, 0.5) is 0 Å². The van der Waals surface area contributed by atoms with Gasteiger partial charge < -0.3 is 10.6 Å². The third-order valence-electron chi connectivity index (χ3n) is 4.37. The maximum Gasteiger partial charge on any atom is 0.226 e. The number of halogens is 2. The zero-order chi connectivity index (χ0) is 15.1. The lowest BCUT2D eigenvalue weighted by Gasteiger charge is -2.16. The highest BCUT2D eigenvalue weighted by Crippen LogP contribution is 2.51. The molecule has 0 bridgehead atoms. The van der Waals surface area contributed by atoms with Gasteiger partial charge in [0.15, 0.2) is 0 Å². The van der Waals surface area contributed by atoms with E-state index in [9.17, 15) is 9.59 Å². The van der Waals surface area contributed by atoms with Crippen molar-refractivity contribution in [1.29, 1.82) is 0 Å². The van der Waals surface area contributed by atoms with Crippen molar-refractivity contribution in [3.63, 3.8) is 0 Å². The number of carbonyl (C=O) groups excluding carboxylic acids is 2. The molecule has 0 aromatic heterocycles. The van der Waals surface area contributed by atoms with Crippen LogP contribution in [-0.2, 0) is 9.59 Å². The van der Waals surface area contributed by atoms with Gasteiger partial charge in [-0.2, -0.15) is 0 Å². The van der Waals surface area contributed by atoms with E-state index in [4.69, 9.17) is 28.9 Å². The van der Waals surface area contributed by atoms with E-state index < -0.39 is 0 Å². The second kappa shape index (κ2) is 5.50. The highest BCUT2D eigenvalue weighted by atomic mass is 35.5. The van der Waals surface area contributed by atoms with Gasteiger partial charge in [-0.3, -0.25) is 9.59 Å². The third kappa shape index (κ3) is 2.87. The van der Waals surface area contributed by atoms with E-state index >= 15 is 0 Å². The molecular weight excluding hydrogens is 311 g/mol. The van der Waals surface area contributed by atoms with Crippen LogP contribution >= 0.6 is 23.2 Å². The minimum atomic E-state index is -0.321. The SMILES string of the molecule is NC(=O)[C@H]1CCN(C(=O)[C@H]2C[C@H]2c2ccc(Cl)cc2Cl)C1. The fraction of sp³-hybridized carbons (Fsp3) is 0.467. The van der Waals surface area contributed by atoms with Crippen LogP contribution in [0.2, 0.25) is 10.0 Å². The van der Waals surface area contributed by atoms with Crippen molar-refractivity contribution in [2.75, 3.05) is 13.1 Å². The van der Waals surface area contributed by atoms with Crippen LogP contribution in [0.3, 0.4) is 0 Å². The quantitative estimate of drug-likeness (QED) is 0.927. The standard InChI is InChI=1S/C15H16Cl2N2O2/c16-9-1-2-10(13(17)5-9)11-6-12(11)15(21)19-4-3-8(7-19)14(18)20/h1-2,5,8,11-12H,3-4,6-7H2,(H2,18,20)/t8-,11-,12-/m0/s1. The summed E-state index contributed by atoms with van der Waals surface area (Å²) in [6.07, 6.45) is 1.47. The van der Waals surface area contributed by atoms with Crippen LogP contribution in [-0.4, -0.2) is 29.8 Å². The average molecular weight is 327 g/mol. The van der Waals surface area contributed by atoms with Crippen molar-refractivity contribution in [1.82, 2.24) is 4.90 Å². The Balaban J connectivity index is 1.65. The first-order valence-electron chi connectivity index (χ1n) is 7.00. The molecule has 21 heavy (non-hydrogen) atoms. The van der Waals surface area contributed by atoms with E-state index in [2.05, 4.69) is 0 Å². The number of amides is 2. The van der Waals surface area contributed by atoms with Gasteiger partial charge in [-0.05, 0) is 36.5 Å². The number of carbonyl (C=O) groups is 2. The molecule has 0 spiro atoms. The van der Waals surface area contributed by atoms with Crippen LogP contribution in [0.5, 0.6) is 0 Å². The molecule has 1 saturated carbocycles. The summed E-state index contributed by atoms with van der Waals surface area (Å²) in [6.45, 7) is 1.07. The van der Waals surface area contributed by atoms with Crippen LogP contribution < -0.4 is 5.73 Å². The highest BCUT2D eigenvalue weighted by Gasteiger charge is 2.47. The molecule has 2 amide bonds. The molecule has 0 radical (unpaired) electrons. The summed E-state index contributed by atoms with van der Waals surface area (Å²) in [5.41, 5.74) is 6.27. The number of hydrogen-bond donors (Lipinski definition) is 1. The normalized spacial score (nSPS) is 27.7. The van der Waals surface area contributed by atoms with Gasteiger partial charge >= 0.3 is 0 Å². The lowest BCUT2D eigenvalue weighted by atomic mass is 10.1. The Morgan fingerprint density at radius 3 is 2.67 bits per heavy atom. The lowest BCUT2D eigenvalue weighted by molar-refractivity contribution is -0.131. The topological polar surface area (TPSA) is 63.4 Å². The highest BCUT2D eigenvalue weighted by molar-refractivity contribution is 6.35. The number of likely N-dealkylation sites (tertiary alicyclic amines) is 1. The Morgan fingerprint density at radius 1 is 1.29 bits per heavy atom. The van der Waals surface area contributed by atoms with Gasteiger partial charge in [-0.1, -0.05) is 29.3 Å².